The first-order valence-electron chi connectivity index (χ1n) is 7.41. The van der Waals surface area contributed by atoms with Gasteiger partial charge in [0, 0.05) is 19.6 Å². The van der Waals surface area contributed by atoms with Crippen LogP contribution < -0.4 is 11.1 Å². The summed E-state index contributed by atoms with van der Waals surface area (Å²) in [5.74, 6) is 0.665. The summed E-state index contributed by atoms with van der Waals surface area (Å²) in [7, 11) is 0. The zero-order valence-electron chi connectivity index (χ0n) is 12.5. The monoisotopic (exact) mass is 285 g/mol. The van der Waals surface area contributed by atoms with E-state index in [2.05, 4.69) is 17.4 Å². The van der Waals surface area contributed by atoms with Gasteiger partial charge in [-0.05, 0) is 44.9 Å². The summed E-state index contributed by atoms with van der Waals surface area (Å²) in [6.45, 7) is 5.35. The molecule has 0 spiro atoms. The molecule has 1 fully saturated rings. The molecule has 0 saturated heterocycles. The number of rotatable bonds is 7. The van der Waals surface area contributed by atoms with E-state index < -0.39 is 5.54 Å². The van der Waals surface area contributed by atoms with Crippen LogP contribution in [0, 0.1) is 5.92 Å². The summed E-state index contributed by atoms with van der Waals surface area (Å²) in [6.07, 6.45) is 4.46. The predicted octanol–water partition coefficient (Wildman–Crippen LogP) is 1.61. The molecule has 0 aromatic rings. The molecule has 1 aliphatic rings. The van der Waals surface area contributed by atoms with Gasteiger partial charge in [-0.25, -0.2) is 0 Å². The molecule has 0 aromatic carbocycles. The second-order valence-corrected chi connectivity index (χ2v) is 5.60. The summed E-state index contributed by atoms with van der Waals surface area (Å²) in [5, 5.41) is 15.1. The Balaban J connectivity index is 2.55. The molecular weight excluding hydrogens is 258 g/mol. The number of nitrogens with two attached hydrogens (primary N) is 1. The fraction of sp³-hybridized carbons (Fsp3) is 0.857. The molecule has 20 heavy (non-hydrogen) atoms. The molecule has 0 heterocycles. The number of nitrogens with one attached hydrogen (secondary N) is 1. The maximum atomic E-state index is 12.0. The molecule has 0 unspecified atom stereocenters. The molecule has 1 saturated carbocycles. The fourth-order valence-electron chi connectivity index (χ4n) is 2.60. The Morgan fingerprint density at radius 2 is 2.15 bits per heavy atom. The number of carbonyl (C=O) groups excluding carboxylic acids is 1. The minimum absolute atomic E-state index is 0.0640. The van der Waals surface area contributed by atoms with E-state index in [0.717, 1.165) is 25.7 Å². The van der Waals surface area contributed by atoms with Gasteiger partial charge in [-0.15, -0.1) is 0 Å². The van der Waals surface area contributed by atoms with Gasteiger partial charge in [0.25, 0.3) is 0 Å². The minimum atomic E-state index is -0.677. The molecule has 0 atom stereocenters. The van der Waals surface area contributed by atoms with Crippen LogP contribution in [-0.2, 0) is 9.53 Å². The van der Waals surface area contributed by atoms with Crippen LogP contribution in [-0.4, -0.2) is 35.7 Å². The Morgan fingerprint density at radius 1 is 1.50 bits per heavy atom. The third-order valence-electron chi connectivity index (χ3n) is 4.00. The van der Waals surface area contributed by atoms with Crippen molar-refractivity contribution < 1.29 is 14.7 Å². The van der Waals surface area contributed by atoms with E-state index in [4.69, 9.17) is 15.7 Å². The van der Waals surface area contributed by atoms with Crippen LogP contribution in [0.15, 0.2) is 5.16 Å². The number of nitrogens with zero attached hydrogens (tertiary/aromatic N) is 1. The van der Waals surface area contributed by atoms with Gasteiger partial charge in [0.1, 0.15) is 5.54 Å². The third kappa shape index (κ3) is 4.67. The Morgan fingerprint density at radius 3 is 2.70 bits per heavy atom. The average molecular weight is 285 g/mol. The lowest BCUT2D eigenvalue weighted by Gasteiger charge is -2.39. The van der Waals surface area contributed by atoms with E-state index in [-0.39, 0.29) is 11.7 Å². The van der Waals surface area contributed by atoms with Gasteiger partial charge in [0.05, 0.1) is 0 Å². The highest BCUT2D eigenvalue weighted by Gasteiger charge is 2.39. The van der Waals surface area contributed by atoms with Crippen molar-refractivity contribution in [2.45, 2.75) is 57.9 Å². The van der Waals surface area contributed by atoms with Crippen LogP contribution in [0.25, 0.3) is 0 Å². The van der Waals surface area contributed by atoms with Crippen LogP contribution in [0.4, 0.5) is 0 Å². The second-order valence-electron chi connectivity index (χ2n) is 5.60. The first kappa shape index (κ1) is 16.8. The summed E-state index contributed by atoms with van der Waals surface area (Å²) < 4.78 is 5.21. The van der Waals surface area contributed by atoms with E-state index >= 15 is 0 Å². The number of ether oxygens (including phenoxy) is 1. The van der Waals surface area contributed by atoms with Crippen molar-refractivity contribution in [1.82, 2.24) is 5.32 Å². The van der Waals surface area contributed by atoms with Gasteiger partial charge in [0.15, 0.2) is 5.84 Å². The first-order chi connectivity index (χ1) is 9.54. The molecule has 6 nitrogen and oxygen atoms in total. The van der Waals surface area contributed by atoms with E-state index in [1.54, 1.807) is 0 Å². The van der Waals surface area contributed by atoms with Gasteiger partial charge < -0.3 is 21.0 Å². The highest BCUT2D eigenvalue weighted by atomic mass is 16.5. The molecule has 0 aliphatic heterocycles. The maximum absolute atomic E-state index is 12.0. The van der Waals surface area contributed by atoms with Crippen LogP contribution in [0.3, 0.4) is 0 Å². The van der Waals surface area contributed by atoms with E-state index in [1.165, 1.54) is 0 Å². The van der Waals surface area contributed by atoms with Crippen molar-refractivity contribution in [3.05, 3.63) is 0 Å². The highest BCUT2D eigenvalue weighted by Crippen LogP contribution is 2.32. The summed E-state index contributed by atoms with van der Waals surface area (Å²) >= 11 is 0. The van der Waals surface area contributed by atoms with Gasteiger partial charge in [-0.2, -0.15) is 0 Å². The standard InChI is InChI=1S/C14H27N3O3/c1-3-20-10-4-5-12(18)16-14(13(15)17-19)8-6-11(2)7-9-14/h11,19H,3-10H2,1-2H3,(H2,15,17)(H,16,18). The van der Waals surface area contributed by atoms with E-state index in [1.807, 2.05) is 6.92 Å². The molecule has 0 bridgehead atoms. The third-order valence-corrected chi connectivity index (χ3v) is 4.00. The number of hydrogen-bond acceptors (Lipinski definition) is 4. The van der Waals surface area contributed by atoms with E-state index in [0.29, 0.717) is 32.0 Å². The zero-order chi connectivity index (χ0) is 15.0. The largest absolute Gasteiger partial charge is 0.409 e. The minimum Gasteiger partial charge on any atom is -0.409 e. The quantitative estimate of drug-likeness (QED) is 0.218. The molecule has 1 amide bonds. The molecule has 4 N–H and O–H groups in total. The summed E-state index contributed by atoms with van der Waals surface area (Å²) in [5.41, 5.74) is 5.14. The van der Waals surface area contributed by atoms with Gasteiger partial charge in [-0.3, -0.25) is 4.79 Å². The van der Waals surface area contributed by atoms with Gasteiger partial charge >= 0.3 is 0 Å². The molecule has 6 heteroatoms. The number of amidine groups is 1. The number of oxime groups is 1. The lowest BCUT2D eigenvalue weighted by atomic mass is 9.76. The molecule has 1 rings (SSSR count). The SMILES string of the molecule is CCOCCCC(=O)NC1(C(N)=NO)CCC(C)CC1. The normalized spacial score (nSPS) is 27.3. The topological polar surface area (TPSA) is 96.9 Å². The van der Waals surface area contributed by atoms with Crippen LogP contribution in [0.2, 0.25) is 0 Å². The molecule has 0 radical (unpaired) electrons. The van der Waals surface area contributed by atoms with Crippen molar-refractivity contribution in [3.63, 3.8) is 0 Å². The van der Waals surface area contributed by atoms with Crippen LogP contribution >= 0.6 is 0 Å². The smallest absolute Gasteiger partial charge is 0.220 e. The molecule has 0 aromatic heterocycles. The van der Waals surface area contributed by atoms with E-state index in [9.17, 15) is 4.79 Å². The molecule has 116 valence electrons. The molecular formula is C14H27N3O3. The van der Waals surface area contributed by atoms with Gasteiger partial charge in [0.2, 0.25) is 5.91 Å². The van der Waals surface area contributed by atoms with Crippen molar-refractivity contribution in [1.29, 1.82) is 0 Å². The van der Waals surface area contributed by atoms with Gasteiger partial charge in [-0.1, -0.05) is 12.1 Å². The number of amides is 1. The highest BCUT2D eigenvalue weighted by molar-refractivity contribution is 5.94. The van der Waals surface area contributed by atoms with Crippen molar-refractivity contribution in [3.8, 4) is 0 Å². The first-order valence-corrected chi connectivity index (χ1v) is 7.41. The fourth-order valence-corrected chi connectivity index (χ4v) is 2.60. The predicted molar refractivity (Wildman–Crippen MR) is 77.6 cm³/mol. The Kier molecular flexibility index (Phi) is 6.78. The summed E-state index contributed by atoms with van der Waals surface area (Å²) in [4.78, 5) is 12.0. The average Bonchev–Trinajstić information content (AvgIpc) is 2.45. The lowest BCUT2D eigenvalue weighted by Crippen LogP contribution is -2.59. The lowest BCUT2D eigenvalue weighted by molar-refractivity contribution is -0.123. The molecule has 1 aliphatic carbocycles. The Labute approximate surface area is 120 Å². The number of carbonyl (C=O) groups is 1. The van der Waals surface area contributed by atoms with Crippen LogP contribution in [0.5, 0.6) is 0 Å². The van der Waals surface area contributed by atoms with Crippen molar-refractivity contribution >= 4 is 11.7 Å². The van der Waals surface area contributed by atoms with Crippen molar-refractivity contribution in [2.24, 2.45) is 16.8 Å². The second kappa shape index (κ2) is 8.09. The Hall–Kier alpha value is -1.30. The van der Waals surface area contributed by atoms with Crippen molar-refractivity contribution in [2.75, 3.05) is 13.2 Å². The zero-order valence-corrected chi connectivity index (χ0v) is 12.5. The van der Waals surface area contributed by atoms with Crippen LogP contribution in [0.1, 0.15) is 52.4 Å². The number of hydrogen-bond donors (Lipinski definition) is 3. The summed E-state index contributed by atoms with van der Waals surface area (Å²) in [6, 6.07) is 0. The maximum Gasteiger partial charge on any atom is 0.220 e. The Bertz CT molecular complexity index is 337.